The summed E-state index contributed by atoms with van der Waals surface area (Å²) in [5, 5.41) is 0. The standard InChI is InChI=1S/C29H32F3N5O2/c1-16-17(2)34-25-22(33-16)23(27-12-28(13-27,14-27)29(30,31)32)35-24(36-25)18-6-9-39-20(10-18)19-4-5-21(38)37(11-19)15-26(3)7-8-26/h4-5,11,18,20H,6-10,12-15H2,1-3H3. The maximum atomic E-state index is 13.7. The van der Waals surface area contributed by atoms with Gasteiger partial charge in [0.2, 0.25) is 0 Å². The monoisotopic (exact) mass is 539 g/mol. The van der Waals surface area contributed by atoms with Crippen molar-refractivity contribution in [2.24, 2.45) is 10.8 Å². The molecule has 39 heavy (non-hydrogen) atoms. The number of aryl methyl sites for hydroxylation is 2. The van der Waals surface area contributed by atoms with Gasteiger partial charge >= 0.3 is 6.18 Å². The summed E-state index contributed by atoms with van der Waals surface area (Å²) >= 11 is 0. The molecule has 0 amide bonds. The minimum atomic E-state index is -4.19. The van der Waals surface area contributed by atoms with Crippen molar-refractivity contribution in [2.75, 3.05) is 6.61 Å². The van der Waals surface area contributed by atoms with Crippen LogP contribution in [0.4, 0.5) is 13.2 Å². The summed E-state index contributed by atoms with van der Waals surface area (Å²) in [5.74, 6) is 0.563. The van der Waals surface area contributed by atoms with Crippen LogP contribution in [0, 0.1) is 24.7 Å². The van der Waals surface area contributed by atoms with Gasteiger partial charge < -0.3 is 9.30 Å². The Morgan fingerprint density at radius 3 is 2.46 bits per heavy atom. The number of rotatable bonds is 5. The van der Waals surface area contributed by atoms with E-state index in [4.69, 9.17) is 19.7 Å². The van der Waals surface area contributed by atoms with Crippen LogP contribution < -0.4 is 5.56 Å². The number of ether oxygens (including phenoxy) is 1. The lowest BCUT2D eigenvalue weighted by Crippen LogP contribution is -2.70. The van der Waals surface area contributed by atoms with Gasteiger partial charge in [-0.05, 0) is 75.8 Å². The van der Waals surface area contributed by atoms with E-state index in [-0.39, 0.29) is 42.3 Å². The molecule has 4 saturated carbocycles. The average molecular weight is 540 g/mol. The molecule has 4 aliphatic carbocycles. The Bertz CT molecular complexity index is 1540. The summed E-state index contributed by atoms with van der Waals surface area (Å²) in [6, 6.07) is 3.45. The molecule has 8 rings (SSSR count). The number of fused-ring (bicyclic) bond motifs is 1. The Morgan fingerprint density at radius 2 is 1.77 bits per heavy atom. The van der Waals surface area contributed by atoms with Crippen LogP contribution in [0.25, 0.3) is 11.2 Å². The van der Waals surface area contributed by atoms with Crippen molar-refractivity contribution in [3.8, 4) is 0 Å². The average Bonchev–Trinajstić information content (AvgIpc) is 3.55. The molecule has 0 aromatic carbocycles. The van der Waals surface area contributed by atoms with Gasteiger partial charge in [0.1, 0.15) is 11.3 Å². The van der Waals surface area contributed by atoms with Crippen molar-refractivity contribution in [1.29, 1.82) is 0 Å². The second-order valence-corrected chi connectivity index (χ2v) is 12.9. The third-order valence-corrected chi connectivity index (χ3v) is 9.78. The van der Waals surface area contributed by atoms with E-state index in [1.807, 2.05) is 26.1 Å². The fraction of sp³-hybridized carbons (Fsp3) is 0.621. The highest BCUT2D eigenvalue weighted by atomic mass is 19.4. The van der Waals surface area contributed by atoms with Gasteiger partial charge in [0, 0.05) is 36.7 Å². The largest absolute Gasteiger partial charge is 0.394 e. The Balaban J connectivity index is 1.22. The summed E-state index contributed by atoms with van der Waals surface area (Å²) in [5.41, 5.74) is 2.03. The number of halogens is 3. The summed E-state index contributed by atoms with van der Waals surface area (Å²) in [6.45, 7) is 7.12. The van der Waals surface area contributed by atoms with Gasteiger partial charge in [-0.2, -0.15) is 13.2 Å². The third-order valence-electron chi connectivity index (χ3n) is 9.78. The van der Waals surface area contributed by atoms with Crippen molar-refractivity contribution in [3.63, 3.8) is 0 Å². The first-order valence-electron chi connectivity index (χ1n) is 13.8. The van der Waals surface area contributed by atoms with Crippen LogP contribution >= 0.6 is 0 Å². The molecule has 3 aromatic rings. The molecule has 1 aliphatic heterocycles. The van der Waals surface area contributed by atoms with Crippen molar-refractivity contribution in [2.45, 2.75) is 95.9 Å². The van der Waals surface area contributed by atoms with Crippen LogP contribution in [-0.4, -0.2) is 37.3 Å². The number of hydrogen-bond donors (Lipinski definition) is 0. The van der Waals surface area contributed by atoms with Gasteiger partial charge in [-0.15, -0.1) is 0 Å². The predicted octanol–water partition coefficient (Wildman–Crippen LogP) is 5.62. The van der Waals surface area contributed by atoms with E-state index in [0.29, 0.717) is 48.7 Å². The number of hydrogen-bond acceptors (Lipinski definition) is 6. The quantitative estimate of drug-likeness (QED) is 0.419. The van der Waals surface area contributed by atoms with Gasteiger partial charge in [-0.25, -0.2) is 19.9 Å². The minimum absolute atomic E-state index is 0.0128. The summed E-state index contributed by atoms with van der Waals surface area (Å²) in [4.78, 5) is 31.7. The normalized spacial score (nSPS) is 31.0. The molecule has 4 heterocycles. The first kappa shape index (κ1) is 25.1. The van der Waals surface area contributed by atoms with Crippen LogP contribution in [0.1, 0.15) is 92.4 Å². The second kappa shape index (κ2) is 8.08. The zero-order valence-corrected chi connectivity index (χ0v) is 22.4. The van der Waals surface area contributed by atoms with Crippen LogP contribution in [0.5, 0.6) is 0 Å². The van der Waals surface area contributed by atoms with E-state index in [1.165, 1.54) is 0 Å². The number of pyridine rings is 1. The molecule has 5 fully saturated rings. The molecule has 2 bridgehead atoms. The van der Waals surface area contributed by atoms with E-state index in [0.717, 1.165) is 29.8 Å². The number of aromatic nitrogens is 5. The molecular formula is C29H32F3N5O2. The molecule has 206 valence electrons. The minimum Gasteiger partial charge on any atom is -0.373 e. The first-order valence-corrected chi connectivity index (χ1v) is 13.8. The van der Waals surface area contributed by atoms with Crippen LogP contribution in [0.2, 0.25) is 0 Å². The van der Waals surface area contributed by atoms with Gasteiger partial charge in [-0.1, -0.05) is 6.92 Å². The zero-order valence-electron chi connectivity index (χ0n) is 22.4. The molecule has 5 aliphatic rings. The Morgan fingerprint density at radius 1 is 1.05 bits per heavy atom. The van der Waals surface area contributed by atoms with E-state index in [1.54, 1.807) is 10.6 Å². The highest BCUT2D eigenvalue weighted by Crippen LogP contribution is 2.78. The summed E-state index contributed by atoms with van der Waals surface area (Å²) < 4.78 is 48.9. The van der Waals surface area contributed by atoms with Crippen molar-refractivity contribution in [3.05, 3.63) is 57.2 Å². The zero-order chi connectivity index (χ0) is 27.4. The molecular weight excluding hydrogens is 507 g/mol. The lowest BCUT2D eigenvalue weighted by atomic mass is 9.34. The molecule has 2 unspecified atom stereocenters. The van der Waals surface area contributed by atoms with Crippen LogP contribution in [-0.2, 0) is 16.7 Å². The van der Waals surface area contributed by atoms with Gasteiger partial charge in [-0.3, -0.25) is 4.79 Å². The van der Waals surface area contributed by atoms with Crippen molar-refractivity contribution < 1.29 is 17.9 Å². The third kappa shape index (κ3) is 3.92. The molecule has 0 spiro atoms. The Hall–Kier alpha value is -2.88. The lowest BCUT2D eigenvalue weighted by Gasteiger charge is -2.70. The highest BCUT2D eigenvalue weighted by Gasteiger charge is 2.79. The molecule has 1 saturated heterocycles. The van der Waals surface area contributed by atoms with Crippen molar-refractivity contribution >= 4 is 11.2 Å². The van der Waals surface area contributed by atoms with E-state index >= 15 is 0 Å². The van der Waals surface area contributed by atoms with E-state index in [2.05, 4.69) is 11.9 Å². The van der Waals surface area contributed by atoms with Crippen molar-refractivity contribution in [1.82, 2.24) is 24.5 Å². The summed E-state index contributed by atoms with van der Waals surface area (Å²) in [7, 11) is 0. The highest BCUT2D eigenvalue weighted by molar-refractivity contribution is 5.75. The Kier molecular flexibility index (Phi) is 5.20. The number of nitrogens with zero attached hydrogens (tertiary/aromatic N) is 5. The van der Waals surface area contributed by atoms with Crippen LogP contribution in [0.15, 0.2) is 23.1 Å². The summed E-state index contributed by atoms with van der Waals surface area (Å²) in [6.07, 6.45) is 1.25. The van der Waals surface area contributed by atoms with Gasteiger partial charge in [0.15, 0.2) is 5.65 Å². The maximum absolute atomic E-state index is 13.7. The number of alkyl halides is 3. The molecule has 7 nitrogen and oxygen atoms in total. The van der Waals surface area contributed by atoms with Gasteiger partial charge in [0.05, 0.1) is 28.6 Å². The van der Waals surface area contributed by atoms with Gasteiger partial charge in [0.25, 0.3) is 5.56 Å². The second-order valence-electron chi connectivity index (χ2n) is 12.9. The topological polar surface area (TPSA) is 82.8 Å². The predicted molar refractivity (Wildman–Crippen MR) is 137 cm³/mol. The first-order chi connectivity index (χ1) is 18.4. The van der Waals surface area contributed by atoms with E-state index in [9.17, 15) is 18.0 Å². The molecule has 3 aromatic heterocycles. The molecule has 0 radical (unpaired) electrons. The maximum Gasteiger partial charge on any atom is 0.394 e. The van der Waals surface area contributed by atoms with E-state index < -0.39 is 17.0 Å². The smallest absolute Gasteiger partial charge is 0.373 e. The van der Waals surface area contributed by atoms with Crippen LogP contribution in [0.3, 0.4) is 0 Å². The molecule has 0 N–H and O–H groups in total. The lowest BCUT2D eigenvalue weighted by molar-refractivity contribution is -0.337. The Labute approximate surface area is 224 Å². The SMILES string of the molecule is Cc1nc2nc(C3CCOC(c4ccc(=O)n(CC5(C)CC5)c4)C3)nc(C34CC(C(F)(F)F)(C3)C4)c2nc1C. The molecule has 2 atom stereocenters. The fourth-order valence-electron chi connectivity index (χ4n) is 6.93. The fourth-order valence-corrected chi connectivity index (χ4v) is 6.93. The molecule has 10 heteroatoms.